The summed E-state index contributed by atoms with van der Waals surface area (Å²) in [5.41, 5.74) is 0.763. The maximum absolute atomic E-state index is 12.1. The number of nitrogens with one attached hydrogen (secondary N) is 1. The van der Waals surface area contributed by atoms with Crippen LogP contribution >= 0.6 is 0 Å². The average Bonchev–Trinajstić information content (AvgIpc) is 2.93. The van der Waals surface area contributed by atoms with E-state index in [-0.39, 0.29) is 24.8 Å². The number of hydrogen-bond donors (Lipinski definition) is 1. The van der Waals surface area contributed by atoms with Crippen molar-refractivity contribution in [3.8, 4) is 11.5 Å². The van der Waals surface area contributed by atoms with Crippen LogP contribution in [-0.4, -0.2) is 34.6 Å². The lowest BCUT2D eigenvalue weighted by Gasteiger charge is -2.13. The monoisotopic (exact) mass is 334 g/mol. The van der Waals surface area contributed by atoms with Crippen molar-refractivity contribution in [3.63, 3.8) is 0 Å². The molecule has 0 bridgehead atoms. The summed E-state index contributed by atoms with van der Waals surface area (Å²) in [5.74, 6) is 0.945. The highest BCUT2D eigenvalue weighted by atomic mass is 16.6. The van der Waals surface area contributed by atoms with Gasteiger partial charge in [-0.1, -0.05) is 12.1 Å². The molecule has 0 aliphatic rings. The Morgan fingerprint density at radius 3 is 2.71 bits per heavy atom. The number of nitro groups is 1. The lowest BCUT2D eigenvalue weighted by Crippen LogP contribution is -2.27. The number of aryl methyl sites for hydroxylation is 1. The zero-order valence-electron chi connectivity index (χ0n) is 13.6. The van der Waals surface area contributed by atoms with Gasteiger partial charge in [0.2, 0.25) is 11.7 Å². The van der Waals surface area contributed by atoms with E-state index in [1.165, 1.54) is 25.0 Å². The molecule has 0 radical (unpaired) electrons. The number of ether oxygens (including phenoxy) is 2. The van der Waals surface area contributed by atoms with E-state index < -0.39 is 4.92 Å². The Morgan fingerprint density at radius 2 is 2.12 bits per heavy atom. The molecule has 9 heteroatoms. The van der Waals surface area contributed by atoms with Gasteiger partial charge in [0.15, 0.2) is 11.5 Å². The summed E-state index contributed by atoms with van der Waals surface area (Å²) in [7, 11) is 3.06. The number of imidazole rings is 1. The van der Waals surface area contributed by atoms with Crippen molar-refractivity contribution in [2.45, 2.75) is 20.0 Å². The van der Waals surface area contributed by atoms with Crippen LogP contribution in [0.3, 0.4) is 0 Å². The quantitative estimate of drug-likeness (QED) is 0.606. The minimum atomic E-state index is -0.595. The van der Waals surface area contributed by atoms with E-state index in [0.29, 0.717) is 17.3 Å². The van der Waals surface area contributed by atoms with Crippen molar-refractivity contribution in [1.82, 2.24) is 14.9 Å². The van der Waals surface area contributed by atoms with Gasteiger partial charge in [0, 0.05) is 19.0 Å². The molecule has 0 fully saturated rings. The summed E-state index contributed by atoms with van der Waals surface area (Å²) in [6, 6.07) is 5.37. The minimum Gasteiger partial charge on any atom is -0.493 e. The van der Waals surface area contributed by atoms with Gasteiger partial charge in [-0.25, -0.2) is 0 Å². The first-order chi connectivity index (χ1) is 11.5. The molecule has 2 aromatic rings. The van der Waals surface area contributed by atoms with Crippen molar-refractivity contribution in [2.75, 3.05) is 14.2 Å². The Bertz CT molecular complexity index is 756. The van der Waals surface area contributed by atoms with Crippen molar-refractivity contribution in [1.29, 1.82) is 0 Å². The van der Waals surface area contributed by atoms with Crippen LogP contribution in [0.4, 0.5) is 5.82 Å². The Morgan fingerprint density at radius 1 is 1.38 bits per heavy atom. The van der Waals surface area contributed by atoms with E-state index in [1.807, 2.05) is 6.07 Å². The first kappa shape index (κ1) is 17.3. The fraction of sp³-hybridized carbons (Fsp3) is 0.333. The molecule has 1 heterocycles. The minimum absolute atomic E-state index is 0.0566. The number of carbonyl (C=O) groups excluding carboxylic acids is 1. The predicted octanol–water partition coefficient (Wildman–Crippen LogP) is 1.43. The van der Waals surface area contributed by atoms with Crippen LogP contribution in [-0.2, 0) is 17.9 Å². The Labute approximate surface area is 138 Å². The standard InChI is InChI=1S/C15H18N4O5/c1-10-17-13(19(21)22)8-18(10)9-14(20)16-7-11-5-4-6-12(23-2)15(11)24-3/h4-6,8H,7,9H2,1-3H3,(H,16,20). The van der Waals surface area contributed by atoms with Gasteiger partial charge < -0.3 is 24.9 Å². The average molecular weight is 334 g/mol. The second-order valence-electron chi connectivity index (χ2n) is 4.96. The van der Waals surface area contributed by atoms with Gasteiger partial charge >= 0.3 is 5.82 Å². The SMILES string of the molecule is COc1cccc(CNC(=O)Cn2cc([N+](=O)[O-])nc2C)c1OC. The molecule has 1 aromatic carbocycles. The van der Waals surface area contributed by atoms with Gasteiger partial charge in [-0.05, 0) is 16.0 Å². The molecule has 0 aliphatic heterocycles. The second-order valence-corrected chi connectivity index (χ2v) is 4.96. The smallest absolute Gasteiger partial charge is 0.381 e. The normalized spacial score (nSPS) is 10.3. The molecule has 0 saturated heterocycles. The molecule has 0 atom stereocenters. The summed E-state index contributed by atoms with van der Waals surface area (Å²) >= 11 is 0. The Kier molecular flexibility index (Phi) is 5.35. The molecule has 0 unspecified atom stereocenters. The highest BCUT2D eigenvalue weighted by molar-refractivity contribution is 5.76. The molecule has 0 saturated carbocycles. The largest absolute Gasteiger partial charge is 0.493 e. The molecule has 1 aromatic heterocycles. The number of amides is 1. The van der Waals surface area contributed by atoms with Crippen LogP contribution in [0.2, 0.25) is 0 Å². The van der Waals surface area contributed by atoms with E-state index in [0.717, 1.165) is 5.56 Å². The lowest BCUT2D eigenvalue weighted by atomic mass is 10.2. The van der Waals surface area contributed by atoms with Crippen LogP contribution in [0.15, 0.2) is 24.4 Å². The Hall–Kier alpha value is -3.10. The maximum atomic E-state index is 12.1. The van der Waals surface area contributed by atoms with Gasteiger partial charge in [-0.15, -0.1) is 0 Å². The summed E-state index contributed by atoms with van der Waals surface area (Å²) in [6.45, 7) is 1.79. The molecular weight excluding hydrogens is 316 g/mol. The van der Waals surface area contributed by atoms with Gasteiger partial charge in [0.05, 0.1) is 14.2 Å². The first-order valence-corrected chi connectivity index (χ1v) is 7.11. The fourth-order valence-corrected chi connectivity index (χ4v) is 2.24. The third-order valence-corrected chi connectivity index (χ3v) is 3.42. The van der Waals surface area contributed by atoms with E-state index in [9.17, 15) is 14.9 Å². The van der Waals surface area contributed by atoms with Gasteiger partial charge in [0.1, 0.15) is 12.7 Å². The zero-order chi connectivity index (χ0) is 17.7. The number of aromatic nitrogens is 2. The summed E-state index contributed by atoms with van der Waals surface area (Å²) < 4.78 is 11.9. The number of carbonyl (C=O) groups is 1. The third-order valence-electron chi connectivity index (χ3n) is 3.42. The number of nitrogens with zero attached hydrogens (tertiary/aromatic N) is 3. The first-order valence-electron chi connectivity index (χ1n) is 7.11. The molecular formula is C15H18N4O5. The van der Waals surface area contributed by atoms with E-state index in [1.54, 1.807) is 19.1 Å². The molecule has 0 aliphatic carbocycles. The number of hydrogen-bond acceptors (Lipinski definition) is 6. The van der Waals surface area contributed by atoms with Crippen molar-refractivity contribution >= 4 is 11.7 Å². The van der Waals surface area contributed by atoms with Crippen LogP contribution in [0.25, 0.3) is 0 Å². The summed E-state index contributed by atoms with van der Waals surface area (Å²) in [5, 5.41) is 13.4. The van der Waals surface area contributed by atoms with Crippen LogP contribution in [0.5, 0.6) is 11.5 Å². The second kappa shape index (κ2) is 7.44. The third kappa shape index (κ3) is 3.80. The van der Waals surface area contributed by atoms with Crippen molar-refractivity contribution < 1.29 is 19.2 Å². The molecule has 128 valence electrons. The topological polar surface area (TPSA) is 109 Å². The van der Waals surface area contributed by atoms with Crippen molar-refractivity contribution in [2.24, 2.45) is 0 Å². The van der Waals surface area contributed by atoms with E-state index >= 15 is 0 Å². The zero-order valence-corrected chi connectivity index (χ0v) is 13.6. The van der Waals surface area contributed by atoms with E-state index in [4.69, 9.17) is 9.47 Å². The number of benzene rings is 1. The highest BCUT2D eigenvalue weighted by Crippen LogP contribution is 2.30. The molecule has 1 N–H and O–H groups in total. The molecule has 0 spiro atoms. The van der Waals surface area contributed by atoms with Gasteiger partial charge in [-0.3, -0.25) is 9.36 Å². The maximum Gasteiger partial charge on any atom is 0.381 e. The van der Waals surface area contributed by atoms with Crippen LogP contribution in [0, 0.1) is 17.0 Å². The van der Waals surface area contributed by atoms with Crippen LogP contribution < -0.4 is 14.8 Å². The highest BCUT2D eigenvalue weighted by Gasteiger charge is 2.17. The molecule has 1 amide bonds. The Balaban J connectivity index is 2.03. The summed E-state index contributed by atoms with van der Waals surface area (Å²) in [4.78, 5) is 26.0. The fourth-order valence-electron chi connectivity index (χ4n) is 2.24. The molecule has 9 nitrogen and oxygen atoms in total. The van der Waals surface area contributed by atoms with Crippen molar-refractivity contribution in [3.05, 3.63) is 45.9 Å². The molecule has 2 rings (SSSR count). The lowest BCUT2D eigenvalue weighted by molar-refractivity contribution is -0.389. The predicted molar refractivity (Wildman–Crippen MR) is 85.0 cm³/mol. The van der Waals surface area contributed by atoms with Crippen LogP contribution in [0.1, 0.15) is 11.4 Å². The summed E-state index contributed by atoms with van der Waals surface area (Å²) in [6.07, 6.45) is 1.24. The number of methoxy groups -OCH3 is 2. The number of para-hydroxylation sites is 1. The van der Waals surface area contributed by atoms with Gasteiger partial charge in [0.25, 0.3) is 0 Å². The molecule has 24 heavy (non-hydrogen) atoms. The van der Waals surface area contributed by atoms with E-state index in [2.05, 4.69) is 10.3 Å². The number of rotatable bonds is 7. The van der Waals surface area contributed by atoms with Gasteiger partial charge in [-0.2, -0.15) is 0 Å².